The molecule has 4 aromatic rings. The number of hydrogen-bond acceptors (Lipinski definition) is 5. The molecule has 2 heterocycles. The molecule has 168 valence electrons. The van der Waals surface area contributed by atoms with Gasteiger partial charge in [-0.1, -0.05) is 60.7 Å². The summed E-state index contributed by atoms with van der Waals surface area (Å²) < 4.78 is 11.0. The van der Waals surface area contributed by atoms with Crippen LogP contribution in [0.1, 0.15) is 22.9 Å². The number of ether oxygens (including phenoxy) is 1. The van der Waals surface area contributed by atoms with Crippen LogP contribution in [-0.4, -0.2) is 48.1 Å². The summed E-state index contributed by atoms with van der Waals surface area (Å²) in [6.45, 7) is 4.83. The molecular weight excluding hydrogens is 410 g/mol. The average molecular weight is 440 g/mol. The van der Waals surface area contributed by atoms with E-state index in [0.717, 1.165) is 49.7 Å². The van der Waals surface area contributed by atoms with Crippen LogP contribution in [0.25, 0.3) is 11.5 Å². The summed E-state index contributed by atoms with van der Waals surface area (Å²) in [5.41, 5.74) is 4.62. The molecule has 1 fully saturated rings. The molecule has 1 aliphatic heterocycles. The van der Waals surface area contributed by atoms with E-state index >= 15 is 0 Å². The zero-order valence-electron chi connectivity index (χ0n) is 18.9. The Bertz CT molecular complexity index is 1100. The van der Waals surface area contributed by atoms with Crippen molar-refractivity contribution in [1.82, 2.24) is 14.8 Å². The lowest BCUT2D eigenvalue weighted by molar-refractivity contribution is 0.104. The Hall–Kier alpha value is -3.41. The van der Waals surface area contributed by atoms with Gasteiger partial charge in [-0.15, -0.1) is 0 Å². The Balaban J connectivity index is 1.24. The molecule has 0 radical (unpaired) electrons. The fourth-order valence-corrected chi connectivity index (χ4v) is 4.54. The van der Waals surface area contributed by atoms with Crippen molar-refractivity contribution in [3.05, 3.63) is 108 Å². The monoisotopic (exact) mass is 439 g/mol. The summed E-state index contributed by atoms with van der Waals surface area (Å²) in [5, 5.41) is 0. The minimum atomic E-state index is 0.281. The molecule has 33 heavy (non-hydrogen) atoms. The number of piperazine rings is 1. The van der Waals surface area contributed by atoms with Crippen molar-refractivity contribution in [3.8, 4) is 17.2 Å². The van der Waals surface area contributed by atoms with Crippen LogP contribution >= 0.6 is 0 Å². The molecule has 1 aliphatic rings. The third kappa shape index (κ3) is 5.00. The molecule has 3 aromatic carbocycles. The van der Waals surface area contributed by atoms with Crippen molar-refractivity contribution in [2.24, 2.45) is 0 Å². The summed E-state index contributed by atoms with van der Waals surface area (Å²) in [6.07, 6.45) is 1.78. The van der Waals surface area contributed by atoms with Crippen LogP contribution in [0.4, 0.5) is 0 Å². The second-order valence-electron chi connectivity index (χ2n) is 8.41. The molecule has 1 aromatic heterocycles. The molecular formula is C28H29N3O2. The van der Waals surface area contributed by atoms with Crippen molar-refractivity contribution < 1.29 is 9.15 Å². The summed E-state index contributed by atoms with van der Waals surface area (Å²) in [4.78, 5) is 9.76. The van der Waals surface area contributed by atoms with Crippen LogP contribution in [0.5, 0.6) is 5.75 Å². The Morgan fingerprint density at radius 3 is 2.00 bits per heavy atom. The van der Waals surface area contributed by atoms with Gasteiger partial charge in [0.15, 0.2) is 0 Å². The molecule has 0 aliphatic carbocycles. The first-order valence-electron chi connectivity index (χ1n) is 11.5. The molecule has 0 saturated carbocycles. The van der Waals surface area contributed by atoms with E-state index in [9.17, 15) is 0 Å². The smallest absolute Gasteiger partial charge is 0.226 e. The molecule has 1 saturated heterocycles. The van der Waals surface area contributed by atoms with Gasteiger partial charge in [0.2, 0.25) is 5.89 Å². The average Bonchev–Trinajstić information content (AvgIpc) is 3.35. The molecule has 0 atom stereocenters. The zero-order chi connectivity index (χ0) is 22.5. The molecule has 5 nitrogen and oxygen atoms in total. The number of rotatable bonds is 7. The van der Waals surface area contributed by atoms with Crippen molar-refractivity contribution in [2.45, 2.75) is 12.6 Å². The van der Waals surface area contributed by atoms with Crippen LogP contribution in [0.3, 0.4) is 0 Å². The van der Waals surface area contributed by atoms with Crippen molar-refractivity contribution >= 4 is 0 Å². The van der Waals surface area contributed by atoms with E-state index in [1.165, 1.54) is 11.1 Å². The van der Waals surface area contributed by atoms with Gasteiger partial charge >= 0.3 is 0 Å². The molecule has 5 rings (SSSR count). The van der Waals surface area contributed by atoms with Crippen LogP contribution < -0.4 is 4.74 Å². The van der Waals surface area contributed by atoms with Crippen LogP contribution in [0.2, 0.25) is 0 Å². The van der Waals surface area contributed by atoms with E-state index < -0.39 is 0 Å². The number of methoxy groups -OCH3 is 1. The first-order chi connectivity index (χ1) is 16.3. The quantitative estimate of drug-likeness (QED) is 0.393. The largest absolute Gasteiger partial charge is 0.497 e. The normalized spacial score (nSPS) is 15.1. The highest BCUT2D eigenvalue weighted by atomic mass is 16.5. The first kappa shape index (κ1) is 21.4. The van der Waals surface area contributed by atoms with Crippen LogP contribution in [0, 0.1) is 0 Å². The second-order valence-corrected chi connectivity index (χ2v) is 8.41. The van der Waals surface area contributed by atoms with Gasteiger partial charge in [-0.3, -0.25) is 9.80 Å². The SMILES string of the molecule is COc1ccc(-c2nc(CN3CCN(C(c4ccccc4)c4ccccc4)CC3)co2)cc1. The number of oxazole rings is 1. The molecule has 0 bridgehead atoms. The van der Waals surface area contributed by atoms with Gasteiger partial charge in [0.1, 0.15) is 12.0 Å². The predicted octanol–water partition coefficient (Wildman–Crippen LogP) is 5.26. The zero-order valence-corrected chi connectivity index (χ0v) is 18.9. The van der Waals surface area contributed by atoms with E-state index in [4.69, 9.17) is 14.1 Å². The van der Waals surface area contributed by atoms with E-state index in [-0.39, 0.29) is 6.04 Å². The van der Waals surface area contributed by atoms with Gasteiger partial charge in [0.25, 0.3) is 0 Å². The van der Waals surface area contributed by atoms with Crippen molar-refractivity contribution in [3.63, 3.8) is 0 Å². The van der Waals surface area contributed by atoms with Crippen LogP contribution in [0.15, 0.2) is 95.6 Å². The Labute approximate surface area is 195 Å². The summed E-state index contributed by atoms with van der Waals surface area (Å²) >= 11 is 0. The third-order valence-electron chi connectivity index (χ3n) is 6.28. The highest BCUT2D eigenvalue weighted by molar-refractivity contribution is 5.54. The number of aromatic nitrogens is 1. The van der Waals surface area contributed by atoms with Gasteiger partial charge in [0.05, 0.1) is 18.8 Å². The van der Waals surface area contributed by atoms with Gasteiger partial charge in [-0.05, 0) is 35.4 Å². The lowest BCUT2D eigenvalue weighted by Gasteiger charge is -2.39. The maximum Gasteiger partial charge on any atom is 0.226 e. The second kappa shape index (κ2) is 10.0. The summed E-state index contributed by atoms with van der Waals surface area (Å²) in [5.74, 6) is 1.48. The number of hydrogen-bond donors (Lipinski definition) is 0. The predicted molar refractivity (Wildman–Crippen MR) is 130 cm³/mol. The van der Waals surface area contributed by atoms with Gasteiger partial charge in [-0.2, -0.15) is 0 Å². The minimum absolute atomic E-state index is 0.281. The Kier molecular flexibility index (Phi) is 6.51. The topological polar surface area (TPSA) is 41.7 Å². The molecule has 5 heteroatoms. The summed E-state index contributed by atoms with van der Waals surface area (Å²) in [6, 6.07) is 29.7. The van der Waals surface area contributed by atoms with Crippen molar-refractivity contribution in [2.75, 3.05) is 33.3 Å². The lowest BCUT2D eigenvalue weighted by atomic mass is 9.96. The number of benzene rings is 3. The minimum Gasteiger partial charge on any atom is -0.497 e. The molecule has 0 N–H and O–H groups in total. The third-order valence-corrected chi connectivity index (χ3v) is 6.28. The maximum atomic E-state index is 5.75. The Morgan fingerprint density at radius 1 is 0.818 bits per heavy atom. The highest BCUT2D eigenvalue weighted by Gasteiger charge is 2.26. The number of nitrogens with zero attached hydrogens (tertiary/aromatic N) is 3. The van der Waals surface area contributed by atoms with Gasteiger partial charge in [-0.25, -0.2) is 4.98 Å². The molecule has 0 unspecified atom stereocenters. The lowest BCUT2D eigenvalue weighted by Crippen LogP contribution is -2.47. The van der Waals surface area contributed by atoms with E-state index in [0.29, 0.717) is 5.89 Å². The fraction of sp³-hybridized carbons (Fsp3) is 0.250. The van der Waals surface area contributed by atoms with Gasteiger partial charge < -0.3 is 9.15 Å². The Morgan fingerprint density at radius 2 is 1.42 bits per heavy atom. The van der Waals surface area contributed by atoms with E-state index in [1.54, 1.807) is 13.4 Å². The van der Waals surface area contributed by atoms with E-state index in [1.807, 2.05) is 24.3 Å². The highest BCUT2D eigenvalue weighted by Crippen LogP contribution is 2.30. The maximum absolute atomic E-state index is 5.75. The molecule has 0 spiro atoms. The van der Waals surface area contributed by atoms with E-state index in [2.05, 4.69) is 70.5 Å². The molecule has 0 amide bonds. The fourth-order valence-electron chi connectivity index (χ4n) is 4.54. The van der Waals surface area contributed by atoms with Gasteiger partial charge in [0, 0.05) is 38.3 Å². The first-order valence-corrected chi connectivity index (χ1v) is 11.5. The standard InChI is InChI=1S/C28H29N3O2/c1-32-26-14-12-24(13-15-26)28-29-25(21-33-28)20-30-16-18-31(19-17-30)27(22-8-4-2-5-9-22)23-10-6-3-7-11-23/h2-15,21,27H,16-20H2,1H3. The summed E-state index contributed by atoms with van der Waals surface area (Å²) in [7, 11) is 1.67. The van der Waals surface area contributed by atoms with Crippen LogP contribution in [-0.2, 0) is 6.54 Å². The van der Waals surface area contributed by atoms with Crippen molar-refractivity contribution in [1.29, 1.82) is 0 Å².